The zero-order valence-corrected chi connectivity index (χ0v) is 21.8. The predicted octanol–water partition coefficient (Wildman–Crippen LogP) is 7.63. The van der Waals surface area contributed by atoms with Gasteiger partial charge in [-0.3, -0.25) is 4.84 Å². The Kier molecular flexibility index (Phi) is 19.3. The summed E-state index contributed by atoms with van der Waals surface area (Å²) in [5.74, 6) is 0. The summed E-state index contributed by atoms with van der Waals surface area (Å²) in [6.07, 6.45) is 18.0. The molecule has 5 nitrogen and oxygen atoms in total. The minimum Gasteiger partial charge on any atom is -0.444 e. The lowest BCUT2D eigenvalue weighted by atomic mass is 10.0. The first kappa shape index (κ1) is 30.2. The van der Waals surface area contributed by atoms with Crippen LogP contribution in [0.5, 0.6) is 0 Å². The number of alkyl carbamates (subject to hydrolysis) is 1. The summed E-state index contributed by atoms with van der Waals surface area (Å²) in [6.45, 7) is 14.3. The molecule has 0 saturated carbocycles. The molecule has 0 heterocycles. The van der Waals surface area contributed by atoms with Gasteiger partial charge in [-0.15, -0.1) is 0 Å². The second-order valence-electron chi connectivity index (χ2n) is 9.79. The largest absolute Gasteiger partial charge is 0.444 e. The molecule has 0 aliphatic rings. The van der Waals surface area contributed by atoms with E-state index >= 15 is 0 Å². The van der Waals surface area contributed by atoms with E-state index in [0.717, 1.165) is 19.4 Å². The maximum absolute atomic E-state index is 11.9. The van der Waals surface area contributed by atoms with Crippen LogP contribution < -0.4 is 5.32 Å². The zero-order valence-electron chi connectivity index (χ0n) is 21.8. The standard InChI is InChI=1S/C26H54N2O3/c1-7-10-12-14-16-18-20-24(21-19-17-15-13-11-8-2)31-28(9-3)23-22-27-25(29)30-26(4,5)6/h24H,7-23H2,1-6H3,(H,27,29). The summed E-state index contributed by atoms with van der Waals surface area (Å²) < 4.78 is 5.31. The van der Waals surface area contributed by atoms with Gasteiger partial charge in [-0.2, -0.15) is 5.06 Å². The molecule has 5 heteroatoms. The summed E-state index contributed by atoms with van der Waals surface area (Å²) in [5.41, 5.74) is -0.468. The summed E-state index contributed by atoms with van der Waals surface area (Å²) in [7, 11) is 0. The maximum atomic E-state index is 11.9. The van der Waals surface area contributed by atoms with Gasteiger partial charge in [0, 0.05) is 19.6 Å². The fraction of sp³-hybridized carbons (Fsp3) is 0.962. The van der Waals surface area contributed by atoms with Gasteiger partial charge < -0.3 is 10.1 Å². The van der Waals surface area contributed by atoms with E-state index in [0.29, 0.717) is 19.2 Å². The Labute approximate surface area is 194 Å². The second-order valence-corrected chi connectivity index (χ2v) is 9.79. The highest BCUT2D eigenvalue weighted by molar-refractivity contribution is 5.67. The molecule has 0 aromatic carbocycles. The molecule has 0 spiro atoms. The Morgan fingerprint density at radius 3 is 1.74 bits per heavy atom. The number of likely N-dealkylation sites (N-methyl/N-ethyl adjacent to an activating group) is 1. The van der Waals surface area contributed by atoms with Crippen LogP contribution in [-0.2, 0) is 9.57 Å². The van der Waals surface area contributed by atoms with E-state index in [-0.39, 0.29) is 6.09 Å². The van der Waals surface area contributed by atoms with Gasteiger partial charge in [-0.25, -0.2) is 4.79 Å². The van der Waals surface area contributed by atoms with E-state index in [4.69, 9.17) is 9.57 Å². The fourth-order valence-corrected chi connectivity index (χ4v) is 3.65. The van der Waals surface area contributed by atoms with Crippen LogP contribution in [0.4, 0.5) is 4.79 Å². The molecule has 186 valence electrons. The number of amides is 1. The van der Waals surface area contributed by atoms with Crippen molar-refractivity contribution in [2.24, 2.45) is 0 Å². The van der Waals surface area contributed by atoms with E-state index in [1.165, 1.54) is 77.0 Å². The first-order chi connectivity index (χ1) is 14.8. The molecule has 0 aliphatic heterocycles. The number of carbonyl (C=O) groups excluding carboxylic acids is 1. The average Bonchev–Trinajstić information content (AvgIpc) is 2.70. The van der Waals surface area contributed by atoms with Gasteiger partial charge >= 0.3 is 6.09 Å². The predicted molar refractivity (Wildman–Crippen MR) is 132 cm³/mol. The van der Waals surface area contributed by atoms with Crippen molar-refractivity contribution in [3.63, 3.8) is 0 Å². The first-order valence-electron chi connectivity index (χ1n) is 13.2. The van der Waals surface area contributed by atoms with Crippen LogP contribution in [-0.4, -0.2) is 42.5 Å². The SMILES string of the molecule is CCCCCCCCC(CCCCCCCC)ON(CC)CCNC(=O)OC(C)(C)C. The van der Waals surface area contributed by atoms with Gasteiger partial charge in [-0.05, 0) is 33.6 Å². The number of nitrogens with one attached hydrogen (secondary N) is 1. The van der Waals surface area contributed by atoms with E-state index in [1.54, 1.807) is 0 Å². The third kappa shape index (κ3) is 20.8. The minimum atomic E-state index is -0.468. The van der Waals surface area contributed by atoms with Crippen molar-refractivity contribution in [1.29, 1.82) is 0 Å². The summed E-state index contributed by atoms with van der Waals surface area (Å²) in [5, 5.41) is 4.85. The quantitative estimate of drug-likeness (QED) is 0.155. The smallest absolute Gasteiger partial charge is 0.407 e. The summed E-state index contributed by atoms with van der Waals surface area (Å²) in [6, 6.07) is 0. The van der Waals surface area contributed by atoms with Gasteiger partial charge in [0.25, 0.3) is 0 Å². The molecular formula is C26H54N2O3. The molecule has 0 atom stereocenters. The van der Waals surface area contributed by atoms with Crippen molar-refractivity contribution >= 4 is 6.09 Å². The lowest BCUT2D eigenvalue weighted by molar-refractivity contribution is -0.198. The highest BCUT2D eigenvalue weighted by Crippen LogP contribution is 2.18. The van der Waals surface area contributed by atoms with Crippen LogP contribution in [0.15, 0.2) is 0 Å². The molecule has 0 rings (SSSR count). The Bertz CT molecular complexity index is 394. The van der Waals surface area contributed by atoms with Crippen molar-refractivity contribution in [2.45, 2.75) is 143 Å². The highest BCUT2D eigenvalue weighted by atomic mass is 16.7. The topological polar surface area (TPSA) is 50.8 Å². The number of hydroxylamine groups is 2. The summed E-state index contributed by atoms with van der Waals surface area (Å²) >= 11 is 0. The monoisotopic (exact) mass is 442 g/mol. The lowest BCUT2D eigenvalue weighted by Gasteiger charge is -2.27. The molecule has 31 heavy (non-hydrogen) atoms. The third-order valence-corrected chi connectivity index (χ3v) is 5.44. The molecular weight excluding hydrogens is 388 g/mol. The van der Waals surface area contributed by atoms with E-state index in [9.17, 15) is 4.79 Å². The maximum Gasteiger partial charge on any atom is 0.407 e. The van der Waals surface area contributed by atoms with Gasteiger partial charge in [0.1, 0.15) is 5.60 Å². The lowest BCUT2D eigenvalue weighted by Crippen LogP contribution is -2.39. The molecule has 0 saturated heterocycles. The van der Waals surface area contributed by atoms with Crippen LogP contribution in [0, 0.1) is 0 Å². The number of carbonyl (C=O) groups is 1. The third-order valence-electron chi connectivity index (χ3n) is 5.44. The zero-order chi connectivity index (χ0) is 23.4. The highest BCUT2D eigenvalue weighted by Gasteiger charge is 2.17. The van der Waals surface area contributed by atoms with Crippen LogP contribution >= 0.6 is 0 Å². The van der Waals surface area contributed by atoms with Crippen molar-refractivity contribution in [3.8, 4) is 0 Å². The molecule has 0 aromatic rings. The number of rotatable bonds is 20. The van der Waals surface area contributed by atoms with E-state index < -0.39 is 5.60 Å². The van der Waals surface area contributed by atoms with Crippen molar-refractivity contribution in [3.05, 3.63) is 0 Å². The summed E-state index contributed by atoms with van der Waals surface area (Å²) in [4.78, 5) is 18.2. The number of ether oxygens (including phenoxy) is 1. The fourth-order valence-electron chi connectivity index (χ4n) is 3.65. The van der Waals surface area contributed by atoms with Gasteiger partial charge in [0.15, 0.2) is 0 Å². The average molecular weight is 443 g/mol. The van der Waals surface area contributed by atoms with E-state index in [1.807, 2.05) is 25.8 Å². The van der Waals surface area contributed by atoms with Crippen LogP contribution in [0.25, 0.3) is 0 Å². The molecule has 0 unspecified atom stereocenters. The van der Waals surface area contributed by atoms with Gasteiger partial charge in [0.05, 0.1) is 6.10 Å². The Morgan fingerprint density at radius 2 is 1.29 bits per heavy atom. The van der Waals surface area contributed by atoms with Crippen molar-refractivity contribution < 1.29 is 14.4 Å². The second kappa shape index (κ2) is 19.8. The first-order valence-corrected chi connectivity index (χ1v) is 13.2. The van der Waals surface area contributed by atoms with Crippen molar-refractivity contribution in [2.75, 3.05) is 19.6 Å². The van der Waals surface area contributed by atoms with Gasteiger partial charge in [-0.1, -0.05) is 97.8 Å². The van der Waals surface area contributed by atoms with Crippen molar-refractivity contribution in [1.82, 2.24) is 10.4 Å². The Hall–Kier alpha value is -0.810. The number of hydrogen-bond acceptors (Lipinski definition) is 4. The molecule has 1 amide bonds. The molecule has 0 fully saturated rings. The minimum absolute atomic E-state index is 0.291. The molecule has 0 aliphatic carbocycles. The van der Waals surface area contributed by atoms with Crippen LogP contribution in [0.1, 0.15) is 131 Å². The number of nitrogens with zero attached hydrogens (tertiary/aromatic N) is 1. The van der Waals surface area contributed by atoms with E-state index in [2.05, 4.69) is 26.1 Å². The molecule has 0 aromatic heterocycles. The van der Waals surface area contributed by atoms with Crippen LogP contribution in [0.3, 0.4) is 0 Å². The van der Waals surface area contributed by atoms with Gasteiger partial charge in [0.2, 0.25) is 0 Å². The molecule has 0 bridgehead atoms. The number of unbranched alkanes of at least 4 members (excludes halogenated alkanes) is 10. The molecule has 0 radical (unpaired) electrons. The number of hydrogen-bond donors (Lipinski definition) is 1. The normalized spacial score (nSPS) is 12.0. The Balaban J connectivity index is 4.35. The molecule has 1 N–H and O–H groups in total. The van der Waals surface area contributed by atoms with Crippen LogP contribution in [0.2, 0.25) is 0 Å². The Morgan fingerprint density at radius 1 is 0.806 bits per heavy atom.